The Hall–Kier alpha value is -1.14. The molecular formula is C15H21F4NO. The smallest absolute Gasteiger partial charge is 0.377 e. The van der Waals surface area contributed by atoms with Crippen LogP contribution < -0.4 is 5.32 Å². The molecule has 1 unspecified atom stereocenters. The van der Waals surface area contributed by atoms with Crippen molar-refractivity contribution in [3.8, 4) is 0 Å². The molecule has 0 radical (unpaired) electrons. The summed E-state index contributed by atoms with van der Waals surface area (Å²) in [6.07, 6.45) is -3.82. The van der Waals surface area contributed by atoms with Gasteiger partial charge in [-0.3, -0.25) is 0 Å². The van der Waals surface area contributed by atoms with Gasteiger partial charge in [0.1, 0.15) is 5.82 Å². The van der Waals surface area contributed by atoms with Crippen molar-refractivity contribution in [2.75, 3.05) is 13.2 Å². The number of rotatable bonds is 7. The van der Waals surface area contributed by atoms with Crippen LogP contribution in [0.5, 0.6) is 0 Å². The van der Waals surface area contributed by atoms with Crippen molar-refractivity contribution < 1.29 is 22.3 Å². The van der Waals surface area contributed by atoms with Gasteiger partial charge >= 0.3 is 6.18 Å². The molecule has 0 saturated heterocycles. The molecular weight excluding hydrogens is 286 g/mol. The Morgan fingerprint density at radius 2 is 1.90 bits per heavy atom. The molecule has 0 aliphatic carbocycles. The predicted molar refractivity (Wildman–Crippen MR) is 73.5 cm³/mol. The number of alkyl halides is 3. The first-order valence-electron chi connectivity index (χ1n) is 6.97. The van der Waals surface area contributed by atoms with E-state index in [1.165, 1.54) is 6.07 Å². The van der Waals surface area contributed by atoms with Crippen LogP contribution in [-0.4, -0.2) is 19.3 Å². The van der Waals surface area contributed by atoms with Gasteiger partial charge in [0.05, 0.1) is 24.3 Å². The fourth-order valence-corrected chi connectivity index (χ4v) is 1.86. The first kappa shape index (κ1) is 17.9. The van der Waals surface area contributed by atoms with Crippen molar-refractivity contribution in [3.05, 3.63) is 35.1 Å². The van der Waals surface area contributed by atoms with E-state index in [-0.39, 0.29) is 18.8 Å². The average molecular weight is 307 g/mol. The van der Waals surface area contributed by atoms with Gasteiger partial charge < -0.3 is 10.1 Å². The predicted octanol–water partition coefficient (Wildman–Crippen LogP) is 4.31. The zero-order valence-electron chi connectivity index (χ0n) is 12.4. The molecule has 6 heteroatoms. The number of hydrogen-bond donors (Lipinski definition) is 1. The van der Waals surface area contributed by atoms with Crippen LogP contribution in [0.2, 0.25) is 0 Å². The fraction of sp³-hybridized carbons (Fsp3) is 0.600. The topological polar surface area (TPSA) is 21.3 Å². The Morgan fingerprint density at radius 3 is 2.38 bits per heavy atom. The molecule has 1 rings (SSSR count). The van der Waals surface area contributed by atoms with E-state index in [9.17, 15) is 17.6 Å². The molecule has 0 aliphatic rings. The Kier molecular flexibility index (Phi) is 6.61. The second-order valence-electron chi connectivity index (χ2n) is 5.13. The zero-order chi connectivity index (χ0) is 16.0. The number of halogens is 4. The molecule has 1 atom stereocenters. The largest absolute Gasteiger partial charge is 0.419 e. The summed E-state index contributed by atoms with van der Waals surface area (Å²) in [5.41, 5.74) is -0.792. The van der Waals surface area contributed by atoms with Crippen LogP contribution in [0, 0.1) is 5.82 Å². The monoisotopic (exact) mass is 307 g/mol. The van der Waals surface area contributed by atoms with Crippen molar-refractivity contribution in [1.29, 1.82) is 0 Å². The van der Waals surface area contributed by atoms with Crippen LogP contribution in [0.3, 0.4) is 0 Å². The van der Waals surface area contributed by atoms with E-state index in [1.54, 1.807) is 0 Å². The summed E-state index contributed by atoms with van der Waals surface area (Å²) >= 11 is 0. The normalized spacial score (nSPS) is 13.7. The van der Waals surface area contributed by atoms with E-state index < -0.39 is 17.6 Å². The molecule has 1 aromatic rings. The molecule has 0 aromatic heterocycles. The summed E-state index contributed by atoms with van der Waals surface area (Å²) in [6.45, 7) is 6.66. The Labute approximate surface area is 122 Å². The molecule has 0 amide bonds. The molecule has 0 fully saturated rings. The van der Waals surface area contributed by atoms with Crippen LogP contribution in [0.1, 0.15) is 44.4 Å². The van der Waals surface area contributed by atoms with E-state index >= 15 is 0 Å². The third kappa shape index (κ3) is 5.63. The van der Waals surface area contributed by atoms with Crippen LogP contribution in [0.15, 0.2) is 18.2 Å². The van der Waals surface area contributed by atoms with Gasteiger partial charge in [0, 0.05) is 0 Å². The maximum absolute atomic E-state index is 13.6. The highest BCUT2D eigenvalue weighted by Crippen LogP contribution is 2.32. The van der Waals surface area contributed by atoms with Crippen LogP contribution in [0.4, 0.5) is 17.6 Å². The standard InChI is InChI=1S/C15H21F4NO/c1-4-7-20-14(9-21-10(2)3)11-5-6-12(13(16)8-11)15(17,18)19/h5-6,8,10,14,20H,4,7,9H2,1-3H3. The van der Waals surface area contributed by atoms with Crippen molar-refractivity contribution >= 4 is 0 Å². The van der Waals surface area contributed by atoms with Gasteiger partial charge in [0.25, 0.3) is 0 Å². The van der Waals surface area contributed by atoms with E-state index in [2.05, 4.69) is 5.32 Å². The molecule has 1 aromatic carbocycles. The fourth-order valence-electron chi connectivity index (χ4n) is 1.86. The highest BCUT2D eigenvalue weighted by atomic mass is 19.4. The number of benzene rings is 1. The van der Waals surface area contributed by atoms with Crippen LogP contribution in [-0.2, 0) is 10.9 Å². The molecule has 0 aliphatic heterocycles. The van der Waals surface area contributed by atoms with Crippen molar-refractivity contribution in [2.45, 2.75) is 45.5 Å². The first-order valence-corrected chi connectivity index (χ1v) is 6.97. The van der Waals surface area contributed by atoms with Gasteiger partial charge in [-0.15, -0.1) is 0 Å². The summed E-state index contributed by atoms with van der Waals surface area (Å²) < 4.78 is 56.8. The van der Waals surface area contributed by atoms with Crippen molar-refractivity contribution in [2.24, 2.45) is 0 Å². The summed E-state index contributed by atoms with van der Waals surface area (Å²) in [7, 11) is 0. The van der Waals surface area contributed by atoms with E-state index in [0.717, 1.165) is 18.6 Å². The SMILES string of the molecule is CCCNC(COC(C)C)c1ccc(C(F)(F)F)c(F)c1. The minimum atomic E-state index is -4.68. The van der Waals surface area contributed by atoms with Gasteiger partial charge in [-0.25, -0.2) is 4.39 Å². The average Bonchev–Trinajstić information content (AvgIpc) is 2.37. The molecule has 21 heavy (non-hydrogen) atoms. The lowest BCUT2D eigenvalue weighted by Crippen LogP contribution is -2.27. The van der Waals surface area contributed by atoms with Gasteiger partial charge in [0.15, 0.2) is 0 Å². The highest BCUT2D eigenvalue weighted by Gasteiger charge is 2.34. The summed E-state index contributed by atoms with van der Waals surface area (Å²) in [6, 6.07) is 2.67. The second kappa shape index (κ2) is 7.75. The van der Waals surface area contributed by atoms with E-state index in [4.69, 9.17) is 4.74 Å². The summed E-state index contributed by atoms with van der Waals surface area (Å²) in [5.74, 6) is -1.26. The van der Waals surface area contributed by atoms with Gasteiger partial charge in [0.2, 0.25) is 0 Å². The van der Waals surface area contributed by atoms with Crippen LogP contribution in [0.25, 0.3) is 0 Å². The van der Waals surface area contributed by atoms with Gasteiger partial charge in [-0.2, -0.15) is 13.2 Å². The molecule has 120 valence electrons. The van der Waals surface area contributed by atoms with Gasteiger partial charge in [-0.05, 0) is 44.5 Å². The molecule has 0 heterocycles. The number of ether oxygens (including phenoxy) is 1. The summed E-state index contributed by atoms with van der Waals surface area (Å²) in [4.78, 5) is 0. The van der Waals surface area contributed by atoms with Crippen molar-refractivity contribution in [1.82, 2.24) is 5.32 Å². The number of hydrogen-bond acceptors (Lipinski definition) is 2. The molecule has 0 bridgehead atoms. The minimum absolute atomic E-state index is 0.00442. The minimum Gasteiger partial charge on any atom is -0.377 e. The maximum atomic E-state index is 13.6. The Morgan fingerprint density at radius 1 is 1.24 bits per heavy atom. The molecule has 0 saturated carbocycles. The summed E-state index contributed by atoms with van der Waals surface area (Å²) in [5, 5.41) is 3.15. The van der Waals surface area contributed by atoms with Crippen molar-refractivity contribution in [3.63, 3.8) is 0 Å². The number of nitrogens with one attached hydrogen (secondary N) is 1. The van der Waals surface area contributed by atoms with Gasteiger partial charge in [-0.1, -0.05) is 13.0 Å². The first-order chi connectivity index (χ1) is 9.75. The lowest BCUT2D eigenvalue weighted by molar-refractivity contribution is -0.140. The third-order valence-electron chi connectivity index (χ3n) is 2.94. The molecule has 0 spiro atoms. The lowest BCUT2D eigenvalue weighted by atomic mass is 10.0. The maximum Gasteiger partial charge on any atom is 0.419 e. The second-order valence-corrected chi connectivity index (χ2v) is 5.13. The molecule has 1 N–H and O–H groups in total. The molecule has 2 nitrogen and oxygen atoms in total. The van der Waals surface area contributed by atoms with Crippen LogP contribution >= 0.6 is 0 Å². The van der Waals surface area contributed by atoms with E-state index in [1.807, 2.05) is 20.8 Å². The zero-order valence-corrected chi connectivity index (χ0v) is 12.4. The van der Waals surface area contributed by atoms with E-state index in [0.29, 0.717) is 12.1 Å². The highest BCUT2D eigenvalue weighted by molar-refractivity contribution is 5.28. The Bertz CT molecular complexity index is 446. The quantitative estimate of drug-likeness (QED) is 0.758. The third-order valence-corrected chi connectivity index (χ3v) is 2.94. The lowest BCUT2D eigenvalue weighted by Gasteiger charge is -2.21. The Balaban J connectivity index is 2.94.